The van der Waals surface area contributed by atoms with Crippen molar-refractivity contribution in [1.29, 1.82) is 0 Å². The molecule has 156 valence electrons. The van der Waals surface area contributed by atoms with Gasteiger partial charge in [0.05, 0.1) is 12.8 Å². The Morgan fingerprint density at radius 3 is 2.52 bits per heavy atom. The number of para-hydroxylation sites is 1. The van der Waals surface area contributed by atoms with E-state index in [0.29, 0.717) is 17.9 Å². The second-order valence-electron chi connectivity index (χ2n) is 9.48. The summed E-state index contributed by atoms with van der Waals surface area (Å²) in [6, 6.07) is 8.14. The first-order valence-corrected chi connectivity index (χ1v) is 9.86. The predicted octanol–water partition coefficient (Wildman–Crippen LogP) is 5.58. The van der Waals surface area contributed by atoms with Crippen LogP contribution in [0, 0.1) is 10.8 Å². The lowest BCUT2D eigenvalue weighted by atomic mass is 9.65. The van der Waals surface area contributed by atoms with E-state index in [2.05, 4.69) is 30.7 Å². The van der Waals surface area contributed by atoms with Gasteiger partial charge >= 0.3 is 6.18 Å². The summed E-state index contributed by atoms with van der Waals surface area (Å²) >= 11 is 0. The molecule has 0 spiro atoms. The number of aromatic nitrogens is 2. The number of halogens is 3. The number of anilines is 1. The van der Waals surface area contributed by atoms with Crippen molar-refractivity contribution in [3.05, 3.63) is 36.0 Å². The van der Waals surface area contributed by atoms with Crippen molar-refractivity contribution in [3.63, 3.8) is 0 Å². The third-order valence-corrected chi connectivity index (χ3v) is 6.06. The van der Waals surface area contributed by atoms with Crippen molar-refractivity contribution < 1.29 is 17.9 Å². The molecule has 2 bridgehead atoms. The number of ether oxygens (including phenoxy) is 1. The fourth-order valence-corrected chi connectivity index (χ4v) is 5.40. The van der Waals surface area contributed by atoms with Crippen LogP contribution in [0.25, 0.3) is 11.3 Å². The van der Waals surface area contributed by atoms with E-state index in [9.17, 15) is 13.2 Å². The quantitative estimate of drug-likeness (QED) is 0.669. The van der Waals surface area contributed by atoms with Gasteiger partial charge in [0, 0.05) is 18.2 Å². The molecule has 1 aliphatic heterocycles. The highest BCUT2D eigenvalue weighted by Crippen LogP contribution is 2.53. The number of alkyl halides is 3. The van der Waals surface area contributed by atoms with Gasteiger partial charge in [-0.1, -0.05) is 32.9 Å². The minimum Gasteiger partial charge on any atom is -0.496 e. The lowest BCUT2D eigenvalue weighted by Gasteiger charge is -2.39. The van der Waals surface area contributed by atoms with Gasteiger partial charge in [0.25, 0.3) is 0 Å². The van der Waals surface area contributed by atoms with Crippen LogP contribution in [0.5, 0.6) is 5.75 Å². The summed E-state index contributed by atoms with van der Waals surface area (Å²) in [6.45, 7) is 7.35. The van der Waals surface area contributed by atoms with E-state index in [-0.39, 0.29) is 28.5 Å². The second kappa shape index (κ2) is 6.61. The highest BCUT2D eigenvalue weighted by molar-refractivity contribution is 5.68. The Labute approximate surface area is 169 Å². The standard InChI is InChI=1S/C22H26F3N3O/c1-20(2)10-14-11-21(3,12-20)13-28(14)19-26-16(9-18(27-19)22(23,24)25)15-7-5-6-8-17(15)29-4/h5-9,14H,10-13H2,1-4H3/t14-,21-/m1/s1. The summed E-state index contributed by atoms with van der Waals surface area (Å²) in [4.78, 5) is 10.5. The van der Waals surface area contributed by atoms with Crippen LogP contribution in [0.3, 0.4) is 0 Å². The van der Waals surface area contributed by atoms with Crippen molar-refractivity contribution >= 4 is 5.95 Å². The van der Waals surface area contributed by atoms with Crippen LogP contribution in [0.2, 0.25) is 0 Å². The number of hydrogen-bond donors (Lipinski definition) is 0. The molecular formula is C22H26F3N3O. The van der Waals surface area contributed by atoms with Crippen LogP contribution >= 0.6 is 0 Å². The molecule has 0 unspecified atom stereocenters. The van der Waals surface area contributed by atoms with Crippen LogP contribution in [-0.2, 0) is 6.18 Å². The van der Waals surface area contributed by atoms with Crippen molar-refractivity contribution in [2.75, 3.05) is 18.6 Å². The summed E-state index contributed by atoms with van der Waals surface area (Å²) in [6.07, 6.45) is -1.62. The maximum atomic E-state index is 13.7. The zero-order valence-electron chi connectivity index (χ0n) is 17.2. The van der Waals surface area contributed by atoms with Gasteiger partial charge in [-0.2, -0.15) is 13.2 Å². The minimum absolute atomic E-state index is 0.0641. The fourth-order valence-electron chi connectivity index (χ4n) is 5.40. The van der Waals surface area contributed by atoms with Gasteiger partial charge in [-0.15, -0.1) is 0 Å². The topological polar surface area (TPSA) is 38.2 Å². The predicted molar refractivity (Wildman–Crippen MR) is 106 cm³/mol. The smallest absolute Gasteiger partial charge is 0.433 e. The van der Waals surface area contributed by atoms with Crippen LogP contribution in [0.15, 0.2) is 30.3 Å². The van der Waals surface area contributed by atoms with E-state index in [0.717, 1.165) is 25.3 Å². The highest BCUT2D eigenvalue weighted by atomic mass is 19.4. The average Bonchev–Trinajstić information content (AvgIpc) is 2.89. The molecule has 2 heterocycles. The molecule has 1 aromatic carbocycles. The average molecular weight is 405 g/mol. The Morgan fingerprint density at radius 1 is 1.10 bits per heavy atom. The zero-order chi connectivity index (χ0) is 21.0. The van der Waals surface area contributed by atoms with Crippen LogP contribution < -0.4 is 9.64 Å². The van der Waals surface area contributed by atoms with Gasteiger partial charge in [-0.3, -0.25) is 0 Å². The molecule has 0 N–H and O–H groups in total. The van der Waals surface area contributed by atoms with E-state index in [1.54, 1.807) is 24.3 Å². The highest BCUT2D eigenvalue weighted by Gasteiger charge is 2.50. The molecule has 29 heavy (non-hydrogen) atoms. The number of rotatable bonds is 3. The summed E-state index contributed by atoms with van der Waals surface area (Å²) in [5.74, 6) is 0.644. The summed E-state index contributed by atoms with van der Waals surface area (Å²) in [5, 5.41) is 0. The van der Waals surface area contributed by atoms with E-state index in [1.165, 1.54) is 7.11 Å². The Bertz CT molecular complexity index is 928. The number of methoxy groups -OCH3 is 1. The molecule has 1 saturated carbocycles. The van der Waals surface area contributed by atoms with Crippen LogP contribution in [0.4, 0.5) is 19.1 Å². The van der Waals surface area contributed by atoms with E-state index in [1.807, 2.05) is 4.90 Å². The van der Waals surface area contributed by atoms with Crippen molar-refractivity contribution in [2.45, 2.75) is 52.3 Å². The summed E-state index contributed by atoms with van der Waals surface area (Å²) in [7, 11) is 1.50. The summed E-state index contributed by atoms with van der Waals surface area (Å²) < 4.78 is 46.3. The molecule has 4 nitrogen and oxygen atoms in total. The lowest BCUT2D eigenvalue weighted by Crippen LogP contribution is -2.35. The second-order valence-corrected chi connectivity index (χ2v) is 9.48. The van der Waals surface area contributed by atoms with Gasteiger partial charge < -0.3 is 9.64 Å². The Kier molecular flexibility index (Phi) is 4.55. The fraction of sp³-hybridized carbons (Fsp3) is 0.545. The Morgan fingerprint density at radius 2 is 1.83 bits per heavy atom. The molecule has 0 radical (unpaired) electrons. The van der Waals surface area contributed by atoms with E-state index < -0.39 is 11.9 Å². The molecule has 4 rings (SSSR count). The first kappa shape index (κ1) is 20.0. The molecule has 2 aliphatic rings. The minimum atomic E-state index is -4.55. The number of fused-ring (bicyclic) bond motifs is 2. The molecular weight excluding hydrogens is 379 g/mol. The molecule has 2 atom stereocenters. The molecule has 1 saturated heterocycles. The van der Waals surface area contributed by atoms with Crippen LogP contribution in [0.1, 0.15) is 45.7 Å². The van der Waals surface area contributed by atoms with Gasteiger partial charge in [0.15, 0.2) is 5.69 Å². The van der Waals surface area contributed by atoms with E-state index >= 15 is 0 Å². The molecule has 1 aromatic heterocycles. The zero-order valence-corrected chi connectivity index (χ0v) is 17.2. The molecule has 2 fully saturated rings. The largest absolute Gasteiger partial charge is 0.496 e. The first-order chi connectivity index (χ1) is 13.5. The monoisotopic (exact) mass is 405 g/mol. The lowest BCUT2D eigenvalue weighted by molar-refractivity contribution is -0.141. The van der Waals surface area contributed by atoms with Gasteiger partial charge in [-0.25, -0.2) is 9.97 Å². The molecule has 0 amide bonds. The number of benzene rings is 1. The number of hydrogen-bond acceptors (Lipinski definition) is 4. The third kappa shape index (κ3) is 3.79. The van der Waals surface area contributed by atoms with Crippen molar-refractivity contribution in [3.8, 4) is 17.0 Å². The van der Waals surface area contributed by atoms with Crippen molar-refractivity contribution in [2.24, 2.45) is 10.8 Å². The first-order valence-electron chi connectivity index (χ1n) is 9.86. The van der Waals surface area contributed by atoms with Gasteiger partial charge in [0.1, 0.15) is 5.75 Å². The molecule has 1 aliphatic carbocycles. The van der Waals surface area contributed by atoms with E-state index in [4.69, 9.17) is 4.74 Å². The maximum Gasteiger partial charge on any atom is 0.433 e. The normalized spacial score (nSPS) is 25.9. The third-order valence-electron chi connectivity index (χ3n) is 6.06. The van der Waals surface area contributed by atoms with Gasteiger partial charge in [0.2, 0.25) is 5.95 Å². The Hall–Kier alpha value is -2.31. The number of nitrogens with zero attached hydrogens (tertiary/aromatic N) is 3. The Balaban J connectivity index is 1.82. The van der Waals surface area contributed by atoms with Crippen LogP contribution in [-0.4, -0.2) is 29.7 Å². The summed E-state index contributed by atoms with van der Waals surface area (Å²) in [5.41, 5.74) is 0.0477. The SMILES string of the molecule is COc1ccccc1-c1cc(C(F)(F)F)nc(N2C[C@]3(C)C[C@H]2CC(C)(C)C3)n1. The molecule has 2 aromatic rings. The van der Waals surface area contributed by atoms with Crippen molar-refractivity contribution in [1.82, 2.24) is 9.97 Å². The van der Waals surface area contributed by atoms with Gasteiger partial charge in [-0.05, 0) is 48.3 Å². The molecule has 7 heteroatoms. The maximum absolute atomic E-state index is 13.7.